The van der Waals surface area contributed by atoms with Gasteiger partial charge in [-0.3, -0.25) is 9.80 Å². The Morgan fingerprint density at radius 3 is 2.21 bits per heavy atom. The highest BCUT2D eigenvalue weighted by molar-refractivity contribution is 7.90. The molecule has 2 aromatic rings. The molecule has 180 valence electrons. The maximum absolute atomic E-state index is 14.1. The quantitative estimate of drug-likeness (QED) is 0.635. The molecule has 0 aromatic heterocycles. The summed E-state index contributed by atoms with van der Waals surface area (Å²) >= 11 is 0. The number of nitrogens with one attached hydrogen (secondary N) is 1. The van der Waals surface area contributed by atoms with Gasteiger partial charge in [-0.15, -0.1) is 16.8 Å². The summed E-state index contributed by atoms with van der Waals surface area (Å²) in [7, 11) is -4.02. The van der Waals surface area contributed by atoms with Crippen molar-refractivity contribution in [2.45, 2.75) is 17.6 Å². The van der Waals surface area contributed by atoms with E-state index < -0.39 is 33.4 Å². The fourth-order valence-corrected chi connectivity index (χ4v) is 4.85. The van der Waals surface area contributed by atoms with Gasteiger partial charge in [0.25, 0.3) is 10.0 Å². The first kappa shape index (κ1) is 25.3. The van der Waals surface area contributed by atoms with Crippen LogP contribution in [-0.2, 0) is 22.7 Å². The molecule has 4 rings (SSSR count). The van der Waals surface area contributed by atoms with Gasteiger partial charge in [0.1, 0.15) is 22.4 Å². The summed E-state index contributed by atoms with van der Waals surface area (Å²) in [5.41, 5.74) is -1.08. The maximum Gasteiger partial charge on any atom is 0.416 e. The maximum atomic E-state index is 14.1. The lowest BCUT2D eigenvalue weighted by molar-refractivity contribution is -0.137. The van der Waals surface area contributed by atoms with Gasteiger partial charge in [0.05, 0.1) is 17.8 Å². The Balaban J connectivity index is 0.00000306. The van der Waals surface area contributed by atoms with E-state index in [9.17, 15) is 30.4 Å². The van der Waals surface area contributed by atoms with Crippen LogP contribution < -0.4 is 5.32 Å². The van der Waals surface area contributed by atoms with Crippen LogP contribution >= 0.6 is 12.4 Å². The first-order chi connectivity index (χ1) is 15.0. The second-order valence-corrected chi connectivity index (χ2v) is 9.18. The van der Waals surface area contributed by atoms with Crippen LogP contribution in [0.15, 0.2) is 45.7 Å². The van der Waals surface area contributed by atoms with Crippen molar-refractivity contribution in [2.24, 2.45) is 4.40 Å². The number of hydrogen-bond donors (Lipinski definition) is 1. The van der Waals surface area contributed by atoms with Gasteiger partial charge in [0, 0.05) is 38.3 Å². The Bertz CT molecular complexity index is 1170. The van der Waals surface area contributed by atoms with Crippen LogP contribution in [0.25, 0.3) is 0 Å². The number of sulfonamides is 1. The monoisotopic (exact) mass is 510 g/mol. The number of piperazine rings is 1. The number of para-hydroxylation sites is 1. The van der Waals surface area contributed by atoms with Crippen molar-refractivity contribution in [2.75, 3.05) is 38.0 Å². The molecule has 13 heteroatoms. The number of halogens is 6. The number of rotatable bonds is 4. The zero-order chi connectivity index (χ0) is 23.1. The molecule has 1 N–H and O–H groups in total. The van der Waals surface area contributed by atoms with Crippen LogP contribution in [0.2, 0.25) is 0 Å². The number of anilines is 1. The molecular weight excluding hydrogens is 491 g/mol. The highest BCUT2D eigenvalue weighted by Gasteiger charge is 2.32. The number of alkyl halides is 3. The molecule has 0 amide bonds. The van der Waals surface area contributed by atoms with E-state index in [2.05, 4.69) is 9.71 Å². The molecule has 0 atom stereocenters. The number of fused-ring (bicyclic) bond motifs is 1. The van der Waals surface area contributed by atoms with Crippen molar-refractivity contribution in [3.05, 3.63) is 59.2 Å². The predicted octanol–water partition coefficient (Wildman–Crippen LogP) is 3.74. The molecule has 1 fully saturated rings. The van der Waals surface area contributed by atoms with E-state index >= 15 is 0 Å². The normalized spacial score (nSPS) is 18.6. The van der Waals surface area contributed by atoms with Gasteiger partial charge in [-0.05, 0) is 30.3 Å². The van der Waals surface area contributed by atoms with E-state index in [-0.39, 0.29) is 47.5 Å². The Morgan fingerprint density at radius 2 is 1.58 bits per heavy atom. The molecule has 2 heterocycles. The second kappa shape index (κ2) is 9.53. The Morgan fingerprint density at radius 1 is 0.939 bits per heavy atom. The third kappa shape index (κ3) is 5.62. The summed E-state index contributed by atoms with van der Waals surface area (Å²) < 4.78 is 95.1. The molecule has 0 aliphatic carbocycles. The van der Waals surface area contributed by atoms with Crippen LogP contribution in [0.1, 0.15) is 11.1 Å². The third-order valence-corrected chi connectivity index (χ3v) is 6.71. The lowest BCUT2D eigenvalue weighted by Gasteiger charge is -2.35. The second-order valence-electron chi connectivity index (χ2n) is 7.61. The zero-order valence-electron chi connectivity index (χ0n) is 17.1. The van der Waals surface area contributed by atoms with Crippen molar-refractivity contribution in [3.63, 3.8) is 0 Å². The van der Waals surface area contributed by atoms with Gasteiger partial charge < -0.3 is 5.32 Å². The fourth-order valence-electron chi connectivity index (χ4n) is 3.70. The van der Waals surface area contributed by atoms with Crippen molar-refractivity contribution >= 4 is 34.0 Å². The van der Waals surface area contributed by atoms with Crippen LogP contribution in [0, 0.1) is 11.6 Å². The molecule has 1 saturated heterocycles. The minimum Gasteiger partial charge on any atom is -0.338 e. The minimum absolute atomic E-state index is 0. The van der Waals surface area contributed by atoms with E-state index in [4.69, 9.17) is 0 Å². The van der Waals surface area contributed by atoms with E-state index in [1.165, 1.54) is 12.1 Å². The van der Waals surface area contributed by atoms with Crippen molar-refractivity contribution in [3.8, 4) is 0 Å². The smallest absolute Gasteiger partial charge is 0.338 e. The molecule has 2 aliphatic heterocycles. The van der Waals surface area contributed by atoms with Crippen LogP contribution in [-0.4, -0.2) is 56.8 Å². The molecule has 0 unspecified atom stereocenters. The van der Waals surface area contributed by atoms with E-state index in [0.717, 1.165) is 18.2 Å². The zero-order valence-corrected chi connectivity index (χ0v) is 18.7. The lowest BCUT2D eigenvalue weighted by atomic mass is 10.1. The van der Waals surface area contributed by atoms with E-state index in [0.29, 0.717) is 32.2 Å². The first-order valence-corrected chi connectivity index (χ1v) is 11.2. The average Bonchev–Trinajstić information content (AvgIpc) is 2.71. The molecule has 2 aliphatic rings. The third-order valence-electron chi connectivity index (χ3n) is 5.36. The van der Waals surface area contributed by atoms with E-state index in [1.807, 2.05) is 9.80 Å². The largest absolute Gasteiger partial charge is 0.416 e. The van der Waals surface area contributed by atoms with Crippen molar-refractivity contribution in [1.82, 2.24) is 9.80 Å². The lowest BCUT2D eigenvalue weighted by Crippen LogP contribution is -2.48. The van der Waals surface area contributed by atoms with Crippen LogP contribution in [0.5, 0.6) is 0 Å². The fraction of sp³-hybridized carbons (Fsp3) is 0.350. The standard InChI is InChI=1S/C20H19F5N4O2S.ClH/c21-15-5-4-14(20(23,24)25)10-13(15)11-28-6-8-29(9-7-28)12-18-26-19-16(22)2-1-3-17(19)32(30,31)27-18;/h1-5,10H,6-9,11-12H2,(H,26,27);1H. The average molecular weight is 511 g/mol. The first-order valence-electron chi connectivity index (χ1n) is 9.73. The molecule has 0 radical (unpaired) electrons. The summed E-state index contributed by atoms with van der Waals surface area (Å²) in [6, 6.07) is 6.06. The van der Waals surface area contributed by atoms with Gasteiger partial charge in [-0.25, -0.2) is 8.78 Å². The Kier molecular flexibility index (Phi) is 7.32. The highest BCUT2D eigenvalue weighted by atomic mass is 35.5. The highest BCUT2D eigenvalue weighted by Crippen LogP contribution is 2.31. The summed E-state index contributed by atoms with van der Waals surface area (Å²) in [4.78, 5) is 3.47. The van der Waals surface area contributed by atoms with Gasteiger partial charge in [-0.1, -0.05) is 6.07 Å². The Labute approximate surface area is 193 Å². The minimum atomic E-state index is -4.55. The van der Waals surface area contributed by atoms with Gasteiger partial charge in [0.2, 0.25) is 0 Å². The topological polar surface area (TPSA) is 65.0 Å². The molecule has 6 nitrogen and oxygen atoms in total. The van der Waals surface area contributed by atoms with Crippen molar-refractivity contribution < 1.29 is 30.4 Å². The van der Waals surface area contributed by atoms with Gasteiger partial charge in [0.15, 0.2) is 0 Å². The van der Waals surface area contributed by atoms with Crippen LogP contribution in [0.4, 0.5) is 27.6 Å². The molecule has 0 saturated carbocycles. The summed E-state index contributed by atoms with van der Waals surface area (Å²) in [5.74, 6) is -1.32. The molecule has 0 spiro atoms. The predicted molar refractivity (Wildman–Crippen MR) is 115 cm³/mol. The summed E-state index contributed by atoms with van der Waals surface area (Å²) in [5, 5.41) is 2.73. The molecule has 33 heavy (non-hydrogen) atoms. The SMILES string of the molecule is Cl.O=S1(=O)N=C(CN2CCN(Cc3cc(C(F)(F)F)ccc3F)CC2)Nc2c(F)cccc21. The number of hydrogen-bond acceptors (Lipinski definition) is 5. The Hall–Kier alpha value is -2.28. The van der Waals surface area contributed by atoms with Crippen LogP contribution in [0.3, 0.4) is 0 Å². The number of amidine groups is 1. The van der Waals surface area contributed by atoms with Gasteiger partial charge >= 0.3 is 6.18 Å². The molecular formula is C20H20ClF5N4O2S. The van der Waals surface area contributed by atoms with Crippen molar-refractivity contribution in [1.29, 1.82) is 0 Å². The number of nitrogens with zero attached hydrogens (tertiary/aromatic N) is 3. The number of benzene rings is 2. The van der Waals surface area contributed by atoms with E-state index in [1.54, 1.807) is 0 Å². The summed E-state index contributed by atoms with van der Waals surface area (Å²) in [6.45, 7) is 1.91. The van der Waals surface area contributed by atoms with Gasteiger partial charge in [-0.2, -0.15) is 21.6 Å². The molecule has 0 bridgehead atoms. The molecule has 2 aromatic carbocycles. The summed E-state index contributed by atoms with van der Waals surface area (Å²) in [6.07, 6.45) is -4.55.